The van der Waals surface area contributed by atoms with Crippen molar-refractivity contribution < 1.29 is 23.9 Å². The van der Waals surface area contributed by atoms with E-state index in [1.807, 2.05) is 0 Å². The zero-order valence-corrected chi connectivity index (χ0v) is 13.7. The molecule has 0 radical (unpaired) electrons. The largest absolute Gasteiger partial charge is 0.465 e. The van der Waals surface area contributed by atoms with Gasteiger partial charge in [0.2, 0.25) is 17.7 Å². The number of esters is 1. The molecule has 25 heavy (non-hydrogen) atoms. The lowest BCUT2D eigenvalue weighted by atomic mass is 10.1. The third-order valence-electron chi connectivity index (χ3n) is 4.22. The lowest BCUT2D eigenvalue weighted by Crippen LogP contribution is -2.45. The van der Waals surface area contributed by atoms with Gasteiger partial charge in [0.05, 0.1) is 19.1 Å². The van der Waals surface area contributed by atoms with Crippen LogP contribution >= 0.6 is 0 Å². The van der Waals surface area contributed by atoms with Crippen molar-refractivity contribution >= 4 is 29.8 Å². The monoisotopic (exact) mass is 342 g/mol. The van der Waals surface area contributed by atoms with Crippen molar-refractivity contribution in [2.24, 2.45) is 0 Å². The lowest BCUT2D eigenvalue weighted by molar-refractivity contribution is -0.135. The molecule has 0 spiro atoms. The van der Waals surface area contributed by atoms with E-state index in [1.165, 1.54) is 18.1 Å². The molecule has 1 aliphatic carbocycles. The summed E-state index contributed by atoms with van der Waals surface area (Å²) in [4.78, 5) is 48.7. The number of carbonyl (C=O) groups is 4. The van der Waals surface area contributed by atoms with Crippen molar-refractivity contribution in [3.63, 3.8) is 0 Å². The second-order valence-electron chi connectivity index (χ2n) is 6.06. The number of benzene rings is 1. The molecular formula is C18H18N2O5. The van der Waals surface area contributed by atoms with Crippen molar-refractivity contribution in [2.45, 2.75) is 31.3 Å². The van der Waals surface area contributed by atoms with Crippen molar-refractivity contribution in [3.8, 4) is 0 Å². The number of hydrogen-bond acceptors (Lipinski definition) is 5. The van der Waals surface area contributed by atoms with E-state index in [-0.39, 0.29) is 24.3 Å². The van der Waals surface area contributed by atoms with Crippen LogP contribution in [0.15, 0.2) is 30.3 Å². The van der Waals surface area contributed by atoms with Crippen LogP contribution in [0.3, 0.4) is 0 Å². The van der Waals surface area contributed by atoms with Gasteiger partial charge < -0.3 is 9.64 Å². The van der Waals surface area contributed by atoms with Crippen LogP contribution in [0.1, 0.15) is 35.2 Å². The number of hydrogen-bond donors (Lipinski definition) is 1. The number of nitrogens with one attached hydrogen (secondary N) is 1. The Morgan fingerprint density at radius 1 is 1.20 bits per heavy atom. The lowest BCUT2D eigenvalue weighted by Gasteiger charge is -2.25. The van der Waals surface area contributed by atoms with E-state index in [2.05, 4.69) is 10.1 Å². The molecule has 3 amide bonds. The van der Waals surface area contributed by atoms with E-state index >= 15 is 0 Å². The normalized spacial score (nSPS) is 19.8. The van der Waals surface area contributed by atoms with E-state index in [1.54, 1.807) is 30.3 Å². The summed E-state index contributed by atoms with van der Waals surface area (Å²) in [5.74, 6) is -1.49. The minimum atomic E-state index is -0.723. The minimum absolute atomic E-state index is 0.0144. The maximum atomic E-state index is 12.5. The Balaban J connectivity index is 1.71. The first-order chi connectivity index (χ1) is 12.0. The molecule has 130 valence electrons. The topological polar surface area (TPSA) is 92.8 Å². The van der Waals surface area contributed by atoms with E-state index in [0.29, 0.717) is 5.56 Å². The predicted octanol–water partition coefficient (Wildman–Crippen LogP) is 0.892. The Labute approximate surface area is 144 Å². The summed E-state index contributed by atoms with van der Waals surface area (Å²) in [5.41, 5.74) is 1.16. The first-order valence-electron chi connectivity index (χ1n) is 8.02. The Morgan fingerprint density at radius 2 is 1.88 bits per heavy atom. The maximum Gasteiger partial charge on any atom is 0.337 e. The number of ether oxygens (including phenoxy) is 1. The van der Waals surface area contributed by atoms with E-state index in [0.717, 1.165) is 18.4 Å². The van der Waals surface area contributed by atoms with Gasteiger partial charge >= 0.3 is 5.97 Å². The molecule has 1 atom stereocenters. The van der Waals surface area contributed by atoms with Crippen molar-refractivity contribution in [1.82, 2.24) is 10.2 Å². The van der Waals surface area contributed by atoms with Crippen molar-refractivity contribution in [3.05, 3.63) is 41.5 Å². The smallest absolute Gasteiger partial charge is 0.337 e. The highest BCUT2D eigenvalue weighted by Gasteiger charge is 2.43. The summed E-state index contributed by atoms with van der Waals surface area (Å²) in [7, 11) is 1.31. The SMILES string of the molecule is COC(=O)c1ccc(/C=C/C(=O)N(C2CC2)C2CC(=O)NC2=O)cc1. The second kappa shape index (κ2) is 6.88. The van der Waals surface area contributed by atoms with Gasteiger partial charge in [0.1, 0.15) is 6.04 Å². The Kier molecular flexibility index (Phi) is 4.65. The van der Waals surface area contributed by atoms with Crippen LogP contribution in [0, 0.1) is 0 Å². The molecule has 0 aromatic heterocycles. The molecule has 1 heterocycles. The Morgan fingerprint density at radius 3 is 2.40 bits per heavy atom. The number of imide groups is 1. The van der Waals surface area contributed by atoms with Gasteiger partial charge in [-0.15, -0.1) is 0 Å². The zero-order valence-electron chi connectivity index (χ0n) is 13.7. The van der Waals surface area contributed by atoms with Gasteiger partial charge in [0, 0.05) is 12.1 Å². The molecule has 7 heteroatoms. The van der Waals surface area contributed by atoms with E-state index in [4.69, 9.17) is 0 Å². The van der Waals surface area contributed by atoms with Gasteiger partial charge in [-0.2, -0.15) is 0 Å². The second-order valence-corrected chi connectivity index (χ2v) is 6.06. The third kappa shape index (κ3) is 3.76. The molecule has 1 saturated heterocycles. The Hall–Kier alpha value is -2.96. The highest BCUT2D eigenvalue weighted by atomic mass is 16.5. The first kappa shape index (κ1) is 16.9. The number of nitrogens with zero attached hydrogens (tertiary/aromatic N) is 1. The fourth-order valence-electron chi connectivity index (χ4n) is 2.81. The highest BCUT2D eigenvalue weighted by molar-refractivity contribution is 6.08. The average molecular weight is 342 g/mol. The van der Waals surface area contributed by atoms with E-state index < -0.39 is 17.9 Å². The summed E-state index contributed by atoms with van der Waals surface area (Å²) in [6.45, 7) is 0. The molecule has 7 nitrogen and oxygen atoms in total. The van der Waals surface area contributed by atoms with Gasteiger partial charge in [0.25, 0.3) is 0 Å². The molecule has 1 aliphatic heterocycles. The van der Waals surface area contributed by atoms with Crippen LogP contribution in [-0.2, 0) is 19.1 Å². The van der Waals surface area contributed by atoms with Crippen LogP contribution in [0.4, 0.5) is 0 Å². The first-order valence-corrected chi connectivity index (χ1v) is 8.02. The van der Waals surface area contributed by atoms with Crippen LogP contribution < -0.4 is 5.32 Å². The number of carbonyl (C=O) groups excluding carboxylic acids is 4. The van der Waals surface area contributed by atoms with Gasteiger partial charge in [-0.1, -0.05) is 12.1 Å². The molecule has 1 saturated carbocycles. The molecule has 2 fully saturated rings. The number of rotatable bonds is 5. The molecule has 1 aromatic carbocycles. The highest BCUT2D eigenvalue weighted by Crippen LogP contribution is 2.31. The van der Waals surface area contributed by atoms with Crippen LogP contribution in [0.25, 0.3) is 6.08 Å². The predicted molar refractivity (Wildman–Crippen MR) is 88.2 cm³/mol. The molecular weight excluding hydrogens is 324 g/mol. The molecule has 0 bridgehead atoms. The fraction of sp³-hybridized carbons (Fsp3) is 0.333. The summed E-state index contributed by atoms with van der Waals surface area (Å²) in [5, 5.41) is 2.24. The van der Waals surface area contributed by atoms with Gasteiger partial charge in [-0.05, 0) is 36.6 Å². The quantitative estimate of drug-likeness (QED) is 0.487. The van der Waals surface area contributed by atoms with Crippen LogP contribution in [-0.4, -0.2) is 47.8 Å². The summed E-state index contributed by atoms with van der Waals surface area (Å²) >= 11 is 0. The molecule has 1 aromatic rings. The molecule has 3 rings (SSSR count). The summed E-state index contributed by atoms with van der Waals surface area (Å²) in [6.07, 6.45) is 4.70. The number of methoxy groups -OCH3 is 1. The van der Waals surface area contributed by atoms with Crippen molar-refractivity contribution in [2.75, 3.05) is 7.11 Å². The molecule has 1 unspecified atom stereocenters. The molecule has 2 aliphatic rings. The van der Waals surface area contributed by atoms with Crippen molar-refractivity contribution in [1.29, 1.82) is 0 Å². The minimum Gasteiger partial charge on any atom is -0.465 e. The summed E-state index contributed by atoms with van der Waals surface area (Å²) in [6, 6.07) is 5.90. The van der Waals surface area contributed by atoms with Gasteiger partial charge in [-0.25, -0.2) is 4.79 Å². The van der Waals surface area contributed by atoms with Gasteiger partial charge in [0.15, 0.2) is 0 Å². The zero-order chi connectivity index (χ0) is 18.0. The van der Waals surface area contributed by atoms with Crippen LogP contribution in [0.2, 0.25) is 0 Å². The standard InChI is InChI=1S/C18H18N2O5/c1-25-18(24)12-5-2-11(3-6-12)4-9-16(22)20(13-7-8-13)14-10-15(21)19-17(14)23/h2-6,9,13-14H,7-8,10H2,1H3,(H,19,21,23)/b9-4+. The summed E-state index contributed by atoms with van der Waals surface area (Å²) < 4.78 is 4.63. The third-order valence-corrected chi connectivity index (χ3v) is 4.22. The maximum absolute atomic E-state index is 12.5. The molecule has 1 N–H and O–H groups in total. The average Bonchev–Trinajstić information content (AvgIpc) is 3.38. The van der Waals surface area contributed by atoms with Crippen LogP contribution in [0.5, 0.6) is 0 Å². The fourth-order valence-corrected chi connectivity index (χ4v) is 2.81. The van der Waals surface area contributed by atoms with E-state index in [9.17, 15) is 19.2 Å². The number of amides is 3. The van der Waals surface area contributed by atoms with Gasteiger partial charge in [-0.3, -0.25) is 19.7 Å². The Bertz CT molecular complexity index is 749.